The van der Waals surface area contributed by atoms with E-state index < -0.39 is 23.5 Å². The molecule has 0 fully saturated rings. The van der Waals surface area contributed by atoms with Crippen LogP contribution >= 0.6 is 11.3 Å². The quantitative estimate of drug-likeness (QED) is 0.326. The molecule has 5 rings (SSSR count). The van der Waals surface area contributed by atoms with Gasteiger partial charge in [0.1, 0.15) is 6.04 Å². The zero-order chi connectivity index (χ0) is 26.4. The third-order valence-corrected chi connectivity index (χ3v) is 7.43. The van der Waals surface area contributed by atoms with Crippen LogP contribution in [0.25, 0.3) is 11.0 Å². The number of hydrogen-bond donors (Lipinski definition) is 1. The van der Waals surface area contributed by atoms with Crippen molar-refractivity contribution < 1.29 is 33.3 Å². The first-order valence-corrected chi connectivity index (χ1v) is 12.1. The smallest absolute Gasteiger partial charge is 0.296 e. The molecule has 0 saturated carbocycles. The summed E-state index contributed by atoms with van der Waals surface area (Å²) in [7, 11) is 4.47. The normalized spacial score (nSPS) is 15.5. The summed E-state index contributed by atoms with van der Waals surface area (Å²) >= 11 is 1.29. The number of amides is 1. The molecule has 0 saturated heterocycles. The van der Waals surface area contributed by atoms with Crippen LogP contribution in [0.1, 0.15) is 32.7 Å². The molecule has 10 heteroatoms. The van der Waals surface area contributed by atoms with E-state index in [2.05, 4.69) is 4.98 Å². The van der Waals surface area contributed by atoms with Crippen LogP contribution in [0.4, 0.5) is 5.13 Å². The predicted molar refractivity (Wildman–Crippen MR) is 138 cm³/mol. The maximum Gasteiger partial charge on any atom is 0.296 e. The number of ketones is 1. The summed E-state index contributed by atoms with van der Waals surface area (Å²) in [6, 6.07) is 10.9. The Kier molecular flexibility index (Phi) is 6.12. The van der Waals surface area contributed by atoms with Crippen LogP contribution < -0.4 is 19.1 Å². The Hall–Kier alpha value is -4.31. The van der Waals surface area contributed by atoms with E-state index in [1.165, 1.54) is 37.6 Å². The molecule has 9 nitrogen and oxygen atoms in total. The van der Waals surface area contributed by atoms with Crippen molar-refractivity contribution in [3.8, 4) is 17.2 Å². The number of thiazole rings is 1. The second-order valence-electron chi connectivity index (χ2n) is 8.38. The number of methoxy groups -OCH3 is 3. The number of aliphatic hydroxyl groups excluding tert-OH is 1. The highest BCUT2D eigenvalue weighted by Gasteiger charge is 2.48. The van der Waals surface area contributed by atoms with E-state index in [4.69, 9.17) is 18.6 Å². The summed E-state index contributed by atoms with van der Waals surface area (Å²) in [6.07, 6.45) is 0. The molecule has 0 spiro atoms. The molecule has 1 aliphatic rings. The number of aromatic nitrogens is 1. The second kappa shape index (κ2) is 9.29. The van der Waals surface area contributed by atoms with Crippen LogP contribution in [-0.2, 0) is 4.79 Å². The molecule has 4 aromatic rings. The number of ether oxygens (including phenoxy) is 3. The Morgan fingerprint density at radius 2 is 1.76 bits per heavy atom. The van der Waals surface area contributed by atoms with Gasteiger partial charge in [-0.15, -0.1) is 11.3 Å². The minimum absolute atomic E-state index is 0.0472. The fourth-order valence-corrected chi connectivity index (χ4v) is 5.39. The lowest BCUT2D eigenvalue weighted by atomic mass is 9.94. The first-order valence-electron chi connectivity index (χ1n) is 11.3. The van der Waals surface area contributed by atoms with E-state index in [-0.39, 0.29) is 11.3 Å². The zero-order valence-corrected chi connectivity index (χ0v) is 21.6. The molecule has 0 aliphatic carbocycles. The lowest BCUT2D eigenvalue weighted by Gasteiger charge is -2.26. The Morgan fingerprint density at radius 1 is 1.05 bits per heavy atom. The predicted octanol–water partition coefficient (Wildman–Crippen LogP) is 5.31. The number of furan rings is 1. The summed E-state index contributed by atoms with van der Waals surface area (Å²) in [6.45, 7) is 3.72. The van der Waals surface area contributed by atoms with Crippen LogP contribution in [0.5, 0.6) is 17.2 Å². The molecule has 1 N–H and O–H groups in total. The SMILES string of the molecule is COc1cccc(C2C(C(=O)c3cc4cccc(OC)c4o3)=C(O)C(=O)N2c2nc(C)c(C)s2)c1OC. The van der Waals surface area contributed by atoms with Crippen LogP contribution in [0.15, 0.2) is 58.2 Å². The number of nitrogens with zero attached hydrogens (tertiary/aromatic N) is 2. The lowest BCUT2D eigenvalue weighted by molar-refractivity contribution is -0.117. The van der Waals surface area contributed by atoms with Crippen molar-refractivity contribution in [3.05, 3.63) is 75.7 Å². The fraction of sp³-hybridized carbons (Fsp3) is 0.222. The number of carbonyl (C=O) groups is 2. The minimum atomic E-state index is -1.05. The van der Waals surface area contributed by atoms with E-state index in [0.717, 1.165) is 10.6 Å². The summed E-state index contributed by atoms with van der Waals surface area (Å²) in [5.74, 6) is -0.938. The number of hydrogen-bond acceptors (Lipinski definition) is 9. The van der Waals surface area contributed by atoms with Gasteiger partial charge in [0.05, 0.1) is 32.6 Å². The average Bonchev–Trinajstić information content (AvgIpc) is 3.56. The second-order valence-corrected chi connectivity index (χ2v) is 9.56. The number of para-hydroxylation sites is 2. The molecule has 1 atom stereocenters. The number of benzene rings is 2. The highest BCUT2D eigenvalue weighted by molar-refractivity contribution is 7.15. The molecule has 190 valence electrons. The van der Waals surface area contributed by atoms with E-state index in [0.29, 0.717) is 38.9 Å². The molecular formula is C27H24N2O7S. The molecular weight excluding hydrogens is 496 g/mol. The molecule has 1 unspecified atom stereocenters. The fourth-order valence-electron chi connectivity index (χ4n) is 4.46. The average molecular weight is 521 g/mol. The van der Waals surface area contributed by atoms with Gasteiger partial charge in [0.25, 0.3) is 5.91 Å². The Bertz CT molecular complexity index is 1560. The lowest BCUT2D eigenvalue weighted by Crippen LogP contribution is -2.31. The van der Waals surface area contributed by atoms with Crippen molar-refractivity contribution in [2.24, 2.45) is 0 Å². The van der Waals surface area contributed by atoms with Crippen molar-refractivity contribution in [1.82, 2.24) is 4.98 Å². The Morgan fingerprint density at radius 3 is 2.41 bits per heavy atom. The van der Waals surface area contributed by atoms with E-state index in [1.54, 1.807) is 42.5 Å². The molecule has 1 aliphatic heterocycles. The van der Waals surface area contributed by atoms with Gasteiger partial charge in [0.15, 0.2) is 39.5 Å². The van der Waals surface area contributed by atoms with Crippen molar-refractivity contribution in [2.45, 2.75) is 19.9 Å². The van der Waals surface area contributed by atoms with Gasteiger partial charge in [0.2, 0.25) is 5.78 Å². The van der Waals surface area contributed by atoms with Crippen molar-refractivity contribution in [2.75, 3.05) is 26.2 Å². The van der Waals surface area contributed by atoms with E-state index >= 15 is 0 Å². The molecule has 0 radical (unpaired) electrons. The largest absolute Gasteiger partial charge is 0.503 e. The van der Waals surface area contributed by atoms with Gasteiger partial charge in [-0.3, -0.25) is 14.5 Å². The molecule has 2 aromatic carbocycles. The monoisotopic (exact) mass is 520 g/mol. The summed E-state index contributed by atoms with van der Waals surface area (Å²) < 4.78 is 22.3. The number of fused-ring (bicyclic) bond motifs is 1. The van der Waals surface area contributed by atoms with Gasteiger partial charge in [-0.1, -0.05) is 24.3 Å². The summed E-state index contributed by atoms with van der Waals surface area (Å²) in [5.41, 5.74) is 1.42. The Balaban J connectivity index is 1.72. The highest BCUT2D eigenvalue weighted by Crippen LogP contribution is 2.48. The van der Waals surface area contributed by atoms with Crippen molar-refractivity contribution >= 4 is 39.1 Å². The van der Waals surface area contributed by atoms with Crippen LogP contribution in [-0.4, -0.2) is 43.1 Å². The van der Waals surface area contributed by atoms with Crippen LogP contribution in [0.2, 0.25) is 0 Å². The van der Waals surface area contributed by atoms with Gasteiger partial charge < -0.3 is 23.7 Å². The van der Waals surface area contributed by atoms with Crippen molar-refractivity contribution in [1.29, 1.82) is 0 Å². The first-order chi connectivity index (χ1) is 17.8. The number of carbonyl (C=O) groups excluding carboxylic acids is 2. The molecule has 0 bridgehead atoms. The van der Waals surface area contributed by atoms with Crippen LogP contribution in [0, 0.1) is 13.8 Å². The van der Waals surface area contributed by atoms with E-state index in [1.807, 2.05) is 13.8 Å². The highest BCUT2D eigenvalue weighted by atomic mass is 32.1. The molecule has 1 amide bonds. The van der Waals surface area contributed by atoms with Gasteiger partial charge in [-0.05, 0) is 32.0 Å². The number of anilines is 1. The number of Topliss-reactive ketones (excluding diaryl/α,β-unsaturated/α-hetero) is 1. The van der Waals surface area contributed by atoms with Gasteiger partial charge >= 0.3 is 0 Å². The summed E-state index contributed by atoms with van der Waals surface area (Å²) in [4.78, 5) is 34.2. The molecule has 37 heavy (non-hydrogen) atoms. The maximum absolute atomic E-state index is 13.9. The first kappa shape index (κ1) is 24.4. The van der Waals surface area contributed by atoms with Gasteiger partial charge in [-0.25, -0.2) is 4.98 Å². The van der Waals surface area contributed by atoms with Gasteiger partial charge in [0, 0.05) is 15.8 Å². The zero-order valence-electron chi connectivity index (χ0n) is 20.8. The maximum atomic E-state index is 13.9. The molecule has 3 heterocycles. The standard InChI is InChI=1S/C27H24N2O7S/c1-13-14(2)37-27(28-13)29-21(16-9-7-11-18(34-4)25(16)35-5)20(23(31)26(29)32)22(30)19-12-15-8-6-10-17(33-3)24(15)36-19/h6-12,21,31H,1-5H3. The van der Waals surface area contributed by atoms with Crippen LogP contribution in [0.3, 0.4) is 0 Å². The minimum Gasteiger partial charge on any atom is -0.503 e. The molecule has 2 aromatic heterocycles. The third-order valence-electron chi connectivity index (χ3n) is 6.36. The summed E-state index contributed by atoms with van der Waals surface area (Å²) in [5, 5.41) is 12.1. The third kappa shape index (κ3) is 3.80. The number of rotatable bonds is 7. The Labute approximate surface area is 216 Å². The van der Waals surface area contributed by atoms with Crippen molar-refractivity contribution in [3.63, 3.8) is 0 Å². The van der Waals surface area contributed by atoms with E-state index in [9.17, 15) is 14.7 Å². The number of aryl methyl sites for hydroxylation is 2. The van der Waals surface area contributed by atoms with Gasteiger partial charge in [-0.2, -0.15) is 0 Å². The topological polar surface area (TPSA) is 111 Å². The number of aliphatic hydroxyl groups is 1.